The SMILES string of the molecule is Cc1ccc(Cn2ccc(C(=O)Nc3nc(-c4nccc(C)c4C)cs3)cc2=O)cc1. The van der Waals surface area contributed by atoms with Gasteiger partial charge < -0.3 is 4.57 Å². The van der Waals surface area contributed by atoms with E-state index >= 15 is 0 Å². The number of aromatic nitrogens is 3. The van der Waals surface area contributed by atoms with Gasteiger partial charge in [-0.2, -0.15) is 0 Å². The summed E-state index contributed by atoms with van der Waals surface area (Å²) in [5.74, 6) is -0.366. The molecular formula is C24H22N4O2S. The standard InChI is InChI=1S/C24H22N4O2S/c1-15-4-6-18(7-5-15)13-28-11-9-19(12-21(28)29)23(30)27-24-26-20(14-31-24)22-17(3)16(2)8-10-25-22/h4-12,14H,13H2,1-3H3,(H,26,27,30). The van der Waals surface area contributed by atoms with Gasteiger partial charge in [-0.05, 0) is 49.6 Å². The summed E-state index contributed by atoms with van der Waals surface area (Å²) in [7, 11) is 0. The van der Waals surface area contributed by atoms with Crippen LogP contribution in [0.15, 0.2) is 65.0 Å². The molecule has 0 unspecified atom stereocenters. The minimum atomic E-state index is -0.366. The second kappa shape index (κ2) is 8.65. The number of rotatable bonds is 5. The van der Waals surface area contributed by atoms with Gasteiger partial charge in [0.1, 0.15) is 5.69 Å². The Kier molecular flexibility index (Phi) is 5.77. The summed E-state index contributed by atoms with van der Waals surface area (Å²) in [4.78, 5) is 34.0. The maximum atomic E-state index is 12.6. The van der Waals surface area contributed by atoms with Gasteiger partial charge in [-0.25, -0.2) is 4.98 Å². The van der Waals surface area contributed by atoms with Crippen LogP contribution in [0.1, 0.15) is 32.6 Å². The monoisotopic (exact) mass is 430 g/mol. The van der Waals surface area contributed by atoms with Gasteiger partial charge in [0.2, 0.25) is 0 Å². The summed E-state index contributed by atoms with van der Waals surface area (Å²) >= 11 is 1.33. The number of aryl methyl sites for hydroxylation is 2. The number of anilines is 1. The van der Waals surface area contributed by atoms with Crippen LogP contribution in [0.2, 0.25) is 0 Å². The minimum Gasteiger partial charge on any atom is -0.311 e. The Morgan fingerprint density at radius 1 is 1.10 bits per heavy atom. The van der Waals surface area contributed by atoms with E-state index in [1.54, 1.807) is 23.0 Å². The topological polar surface area (TPSA) is 76.9 Å². The summed E-state index contributed by atoms with van der Waals surface area (Å²) in [6, 6.07) is 13.0. The van der Waals surface area contributed by atoms with Gasteiger partial charge in [0.15, 0.2) is 5.13 Å². The molecule has 3 aromatic heterocycles. The first-order valence-electron chi connectivity index (χ1n) is 9.86. The summed E-state index contributed by atoms with van der Waals surface area (Å²) in [5.41, 5.74) is 5.98. The molecule has 0 bridgehead atoms. The Morgan fingerprint density at radius 2 is 1.87 bits per heavy atom. The highest BCUT2D eigenvalue weighted by Crippen LogP contribution is 2.27. The van der Waals surface area contributed by atoms with Crippen molar-refractivity contribution in [3.63, 3.8) is 0 Å². The lowest BCUT2D eigenvalue weighted by Crippen LogP contribution is -2.22. The zero-order valence-corrected chi connectivity index (χ0v) is 18.4. The van der Waals surface area contributed by atoms with Crippen LogP contribution in [0.5, 0.6) is 0 Å². The highest BCUT2D eigenvalue weighted by Gasteiger charge is 2.13. The molecule has 1 N–H and O–H groups in total. The van der Waals surface area contributed by atoms with E-state index < -0.39 is 0 Å². The zero-order chi connectivity index (χ0) is 22.0. The molecule has 156 valence electrons. The molecule has 4 aromatic rings. The van der Waals surface area contributed by atoms with Crippen molar-refractivity contribution in [1.82, 2.24) is 14.5 Å². The van der Waals surface area contributed by atoms with Gasteiger partial charge in [-0.1, -0.05) is 29.8 Å². The number of hydrogen-bond donors (Lipinski definition) is 1. The first kappa shape index (κ1) is 20.7. The number of nitrogens with one attached hydrogen (secondary N) is 1. The van der Waals surface area contributed by atoms with Crippen LogP contribution >= 0.6 is 11.3 Å². The van der Waals surface area contributed by atoms with Gasteiger partial charge in [-0.3, -0.25) is 19.9 Å². The van der Waals surface area contributed by atoms with E-state index in [1.807, 2.05) is 56.5 Å². The number of carbonyl (C=O) groups excluding carboxylic acids is 1. The largest absolute Gasteiger partial charge is 0.311 e. The molecule has 0 aliphatic carbocycles. The molecule has 0 aliphatic rings. The number of thiazole rings is 1. The van der Waals surface area contributed by atoms with Crippen molar-refractivity contribution in [1.29, 1.82) is 0 Å². The smallest absolute Gasteiger partial charge is 0.257 e. The van der Waals surface area contributed by atoms with Crippen molar-refractivity contribution in [2.24, 2.45) is 0 Å². The average Bonchev–Trinajstić information content (AvgIpc) is 3.21. The van der Waals surface area contributed by atoms with E-state index in [0.717, 1.165) is 28.1 Å². The van der Waals surface area contributed by atoms with E-state index in [0.29, 0.717) is 17.2 Å². The van der Waals surface area contributed by atoms with Crippen molar-refractivity contribution < 1.29 is 4.79 Å². The van der Waals surface area contributed by atoms with Crippen molar-refractivity contribution in [2.45, 2.75) is 27.3 Å². The van der Waals surface area contributed by atoms with Crippen LogP contribution in [-0.2, 0) is 6.54 Å². The van der Waals surface area contributed by atoms with Crippen molar-refractivity contribution in [3.05, 3.63) is 98.4 Å². The van der Waals surface area contributed by atoms with Gasteiger partial charge in [0.05, 0.1) is 12.2 Å². The first-order chi connectivity index (χ1) is 14.9. The molecule has 0 saturated carbocycles. The van der Waals surface area contributed by atoms with Crippen molar-refractivity contribution in [3.8, 4) is 11.4 Å². The second-order valence-electron chi connectivity index (χ2n) is 7.46. The molecule has 4 rings (SSSR count). The van der Waals surface area contributed by atoms with Crippen LogP contribution < -0.4 is 10.9 Å². The van der Waals surface area contributed by atoms with Crippen LogP contribution in [0.25, 0.3) is 11.4 Å². The fourth-order valence-electron chi connectivity index (χ4n) is 3.17. The number of hydrogen-bond acceptors (Lipinski definition) is 5. The fraction of sp³-hybridized carbons (Fsp3) is 0.167. The first-order valence-corrected chi connectivity index (χ1v) is 10.7. The Hall–Kier alpha value is -3.58. The third-order valence-corrected chi connectivity index (χ3v) is 5.93. The molecule has 3 heterocycles. The number of carbonyl (C=O) groups is 1. The highest BCUT2D eigenvalue weighted by atomic mass is 32.1. The summed E-state index contributed by atoms with van der Waals surface area (Å²) in [6.45, 7) is 6.50. The third-order valence-electron chi connectivity index (χ3n) is 5.17. The number of pyridine rings is 2. The molecule has 1 amide bonds. The molecular weight excluding hydrogens is 408 g/mol. The summed E-state index contributed by atoms with van der Waals surface area (Å²) in [6.07, 6.45) is 3.39. The van der Waals surface area contributed by atoms with E-state index in [2.05, 4.69) is 15.3 Å². The molecule has 0 atom stereocenters. The second-order valence-corrected chi connectivity index (χ2v) is 8.32. The fourth-order valence-corrected chi connectivity index (χ4v) is 3.86. The normalized spacial score (nSPS) is 10.8. The van der Waals surface area contributed by atoms with Gasteiger partial charge in [0, 0.05) is 29.4 Å². The van der Waals surface area contributed by atoms with Gasteiger partial charge >= 0.3 is 0 Å². The van der Waals surface area contributed by atoms with Crippen LogP contribution in [0.3, 0.4) is 0 Å². The molecule has 0 radical (unpaired) electrons. The minimum absolute atomic E-state index is 0.229. The number of nitrogens with zero attached hydrogens (tertiary/aromatic N) is 3. The predicted molar refractivity (Wildman–Crippen MR) is 124 cm³/mol. The molecule has 0 saturated heterocycles. The lowest BCUT2D eigenvalue weighted by Gasteiger charge is -2.08. The molecule has 0 spiro atoms. The average molecular weight is 431 g/mol. The Balaban J connectivity index is 1.48. The molecule has 7 heteroatoms. The van der Waals surface area contributed by atoms with E-state index in [1.165, 1.54) is 23.0 Å². The quantitative estimate of drug-likeness (QED) is 0.502. The zero-order valence-electron chi connectivity index (χ0n) is 17.5. The van der Waals surface area contributed by atoms with E-state index in [4.69, 9.17) is 0 Å². The molecule has 1 aromatic carbocycles. The Morgan fingerprint density at radius 3 is 2.61 bits per heavy atom. The highest BCUT2D eigenvalue weighted by molar-refractivity contribution is 7.14. The Bertz CT molecular complexity index is 1310. The third kappa shape index (κ3) is 4.62. The lowest BCUT2D eigenvalue weighted by atomic mass is 10.1. The Labute approximate surface area is 184 Å². The van der Waals surface area contributed by atoms with Crippen LogP contribution in [0.4, 0.5) is 5.13 Å². The molecule has 0 aliphatic heterocycles. The molecule has 0 fully saturated rings. The number of benzene rings is 1. The summed E-state index contributed by atoms with van der Waals surface area (Å²) in [5, 5.41) is 5.11. The van der Waals surface area contributed by atoms with Crippen molar-refractivity contribution in [2.75, 3.05) is 5.32 Å². The van der Waals surface area contributed by atoms with Gasteiger partial charge in [0.25, 0.3) is 11.5 Å². The molecule has 6 nitrogen and oxygen atoms in total. The predicted octanol–water partition coefficient (Wildman–Crippen LogP) is 4.59. The lowest BCUT2D eigenvalue weighted by molar-refractivity contribution is 0.102. The van der Waals surface area contributed by atoms with E-state index in [9.17, 15) is 9.59 Å². The van der Waals surface area contributed by atoms with Gasteiger partial charge in [-0.15, -0.1) is 11.3 Å². The number of amides is 1. The van der Waals surface area contributed by atoms with Crippen LogP contribution in [-0.4, -0.2) is 20.4 Å². The maximum absolute atomic E-state index is 12.6. The van der Waals surface area contributed by atoms with Crippen LogP contribution in [0, 0.1) is 20.8 Å². The maximum Gasteiger partial charge on any atom is 0.257 e. The van der Waals surface area contributed by atoms with E-state index in [-0.39, 0.29) is 11.5 Å². The summed E-state index contributed by atoms with van der Waals surface area (Å²) < 4.78 is 1.58. The van der Waals surface area contributed by atoms with Crippen molar-refractivity contribution >= 4 is 22.4 Å². The molecule has 31 heavy (non-hydrogen) atoms.